The molecule has 0 aromatic rings. The van der Waals surface area contributed by atoms with Gasteiger partial charge in [-0.15, -0.1) is 23.2 Å². The summed E-state index contributed by atoms with van der Waals surface area (Å²) in [5.74, 6) is 0.187. The molecule has 2 rings (SSSR count). The zero-order chi connectivity index (χ0) is 17.9. The standard InChI is InChI=1S/C16H28Cl3N3O2/c1-3-4-5-11(18)12(10-17)22-15(23)13(19)14(16(22)24)21-8-6-20(2)7-9-21/h5,12-16,23-24H,3-4,6-10H2,1-2H3/b11-5+. The molecule has 2 fully saturated rings. The summed E-state index contributed by atoms with van der Waals surface area (Å²) in [7, 11) is 2.07. The molecule has 0 spiro atoms. The predicted octanol–water partition coefficient (Wildman–Crippen LogP) is 1.69. The van der Waals surface area contributed by atoms with Crippen LogP contribution in [-0.4, -0.2) is 93.9 Å². The number of aliphatic hydroxyl groups is 2. The third-order valence-electron chi connectivity index (χ3n) is 4.94. The molecule has 0 aliphatic carbocycles. The van der Waals surface area contributed by atoms with Crippen LogP contribution in [0, 0.1) is 0 Å². The quantitative estimate of drug-likeness (QED) is 0.665. The fourth-order valence-corrected chi connectivity index (χ4v) is 4.55. The molecule has 0 radical (unpaired) electrons. The summed E-state index contributed by atoms with van der Waals surface area (Å²) >= 11 is 19.0. The van der Waals surface area contributed by atoms with Gasteiger partial charge < -0.3 is 15.1 Å². The van der Waals surface area contributed by atoms with Crippen molar-refractivity contribution >= 4 is 34.8 Å². The van der Waals surface area contributed by atoms with E-state index in [1.165, 1.54) is 0 Å². The number of halogens is 3. The van der Waals surface area contributed by atoms with E-state index in [-0.39, 0.29) is 11.9 Å². The second-order valence-corrected chi connectivity index (χ2v) is 7.85. The summed E-state index contributed by atoms with van der Waals surface area (Å²) in [5, 5.41) is 21.4. The summed E-state index contributed by atoms with van der Waals surface area (Å²) in [4.78, 5) is 5.95. The van der Waals surface area contributed by atoms with Crippen LogP contribution in [0.5, 0.6) is 0 Å². The largest absolute Gasteiger partial charge is 0.377 e. The lowest BCUT2D eigenvalue weighted by Gasteiger charge is -2.39. The van der Waals surface area contributed by atoms with Gasteiger partial charge in [-0.25, -0.2) is 4.90 Å². The smallest absolute Gasteiger partial charge is 0.128 e. The number of unbranched alkanes of at least 4 members (excludes halogenated alkanes) is 1. The van der Waals surface area contributed by atoms with E-state index < -0.39 is 23.9 Å². The number of nitrogens with zero attached hydrogens (tertiary/aromatic N) is 3. The van der Waals surface area contributed by atoms with Gasteiger partial charge in [-0.1, -0.05) is 31.0 Å². The first-order valence-corrected chi connectivity index (χ1v) is 9.89. The molecule has 2 heterocycles. The maximum Gasteiger partial charge on any atom is 0.128 e. The Kier molecular flexibility index (Phi) is 8.09. The zero-order valence-electron chi connectivity index (χ0n) is 14.3. The predicted molar refractivity (Wildman–Crippen MR) is 99.7 cm³/mol. The van der Waals surface area contributed by atoms with Crippen LogP contribution in [0.15, 0.2) is 11.1 Å². The van der Waals surface area contributed by atoms with E-state index in [9.17, 15) is 10.2 Å². The average Bonchev–Trinajstić information content (AvgIpc) is 2.78. The highest BCUT2D eigenvalue weighted by Gasteiger charge is 2.52. The maximum absolute atomic E-state index is 10.9. The Morgan fingerprint density at radius 3 is 2.38 bits per heavy atom. The molecule has 5 atom stereocenters. The van der Waals surface area contributed by atoms with Gasteiger partial charge in [0.05, 0.1) is 17.5 Å². The van der Waals surface area contributed by atoms with Crippen molar-refractivity contribution in [3.63, 3.8) is 0 Å². The van der Waals surface area contributed by atoms with Crippen molar-refractivity contribution in [3.8, 4) is 0 Å². The summed E-state index contributed by atoms with van der Waals surface area (Å²) in [6.07, 6.45) is 1.81. The van der Waals surface area contributed by atoms with Gasteiger partial charge in [0.25, 0.3) is 0 Å². The normalized spacial score (nSPS) is 35.5. The molecular formula is C16H28Cl3N3O2. The molecule has 0 aromatic carbocycles. The maximum atomic E-state index is 10.9. The molecule has 140 valence electrons. The molecule has 0 aromatic heterocycles. The van der Waals surface area contributed by atoms with Gasteiger partial charge in [0.15, 0.2) is 0 Å². The van der Waals surface area contributed by atoms with E-state index in [4.69, 9.17) is 34.8 Å². The summed E-state index contributed by atoms with van der Waals surface area (Å²) < 4.78 is 0. The van der Waals surface area contributed by atoms with Crippen LogP contribution in [-0.2, 0) is 0 Å². The molecule has 24 heavy (non-hydrogen) atoms. The van der Waals surface area contributed by atoms with E-state index in [0.717, 1.165) is 39.0 Å². The fourth-order valence-electron chi connectivity index (χ4n) is 3.43. The summed E-state index contributed by atoms with van der Waals surface area (Å²) in [6.45, 7) is 5.52. The number of alkyl halides is 2. The lowest BCUT2D eigenvalue weighted by molar-refractivity contribution is -0.0819. The number of rotatable bonds is 6. The van der Waals surface area contributed by atoms with E-state index in [2.05, 4.69) is 23.8 Å². The Morgan fingerprint density at radius 1 is 1.21 bits per heavy atom. The summed E-state index contributed by atoms with van der Waals surface area (Å²) in [5.41, 5.74) is 0. The number of aliphatic hydroxyl groups excluding tert-OH is 2. The molecule has 0 saturated carbocycles. The second kappa shape index (κ2) is 9.38. The van der Waals surface area contributed by atoms with E-state index >= 15 is 0 Å². The third-order valence-corrected chi connectivity index (χ3v) is 6.12. The Hall–Kier alpha value is 0.410. The van der Waals surface area contributed by atoms with Crippen molar-refractivity contribution in [2.24, 2.45) is 0 Å². The minimum absolute atomic E-state index is 0.187. The minimum Gasteiger partial charge on any atom is -0.377 e. The fraction of sp³-hybridized carbons (Fsp3) is 0.875. The number of likely N-dealkylation sites (tertiary alicyclic amines) is 1. The van der Waals surface area contributed by atoms with Gasteiger partial charge in [-0.05, 0) is 13.5 Å². The third kappa shape index (κ3) is 4.38. The Bertz CT molecular complexity index is 433. The minimum atomic E-state index is -0.987. The molecule has 2 aliphatic rings. The van der Waals surface area contributed by atoms with Gasteiger partial charge in [0, 0.05) is 37.1 Å². The van der Waals surface area contributed by atoms with Crippen LogP contribution in [0.4, 0.5) is 0 Å². The monoisotopic (exact) mass is 399 g/mol. The lowest BCUT2D eigenvalue weighted by Crippen LogP contribution is -2.55. The van der Waals surface area contributed by atoms with Crippen LogP contribution in [0.1, 0.15) is 19.8 Å². The highest BCUT2D eigenvalue weighted by Crippen LogP contribution is 2.35. The van der Waals surface area contributed by atoms with E-state index in [0.29, 0.717) is 5.03 Å². The number of hydrogen-bond donors (Lipinski definition) is 2. The highest BCUT2D eigenvalue weighted by molar-refractivity contribution is 6.31. The number of likely N-dealkylation sites (N-methyl/N-ethyl adjacent to an activating group) is 1. The summed E-state index contributed by atoms with van der Waals surface area (Å²) in [6, 6.07) is -0.777. The van der Waals surface area contributed by atoms with E-state index in [1.807, 2.05) is 6.08 Å². The molecule has 0 amide bonds. The number of allylic oxidation sites excluding steroid dienone is 1. The Labute approximate surface area is 159 Å². The van der Waals surface area contributed by atoms with Crippen LogP contribution in [0.3, 0.4) is 0 Å². The molecule has 2 N–H and O–H groups in total. The molecule has 2 saturated heterocycles. The number of hydrogen-bond acceptors (Lipinski definition) is 5. The number of piperazine rings is 1. The average molecular weight is 401 g/mol. The van der Waals surface area contributed by atoms with Crippen molar-refractivity contribution in [3.05, 3.63) is 11.1 Å². The van der Waals surface area contributed by atoms with Gasteiger partial charge >= 0.3 is 0 Å². The van der Waals surface area contributed by atoms with Crippen molar-refractivity contribution < 1.29 is 10.2 Å². The van der Waals surface area contributed by atoms with Gasteiger partial charge in [-0.2, -0.15) is 0 Å². The van der Waals surface area contributed by atoms with Crippen molar-refractivity contribution in [1.29, 1.82) is 0 Å². The molecule has 0 bridgehead atoms. The highest BCUT2D eigenvalue weighted by atomic mass is 35.5. The first-order valence-electron chi connectivity index (χ1n) is 8.54. The molecule has 8 heteroatoms. The van der Waals surface area contributed by atoms with Crippen LogP contribution < -0.4 is 0 Å². The van der Waals surface area contributed by atoms with Crippen LogP contribution >= 0.6 is 34.8 Å². The van der Waals surface area contributed by atoms with Gasteiger partial charge in [-0.3, -0.25) is 4.90 Å². The Balaban J connectivity index is 2.16. The second-order valence-electron chi connectivity index (χ2n) is 6.60. The van der Waals surface area contributed by atoms with Crippen molar-refractivity contribution in [2.45, 2.75) is 49.7 Å². The van der Waals surface area contributed by atoms with Gasteiger partial charge in [0.2, 0.25) is 0 Å². The van der Waals surface area contributed by atoms with Gasteiger partial charge in [0.1, 0.15) is 12.5 Å². The molecule has 5 unspecified atom stereocenters. The lowest BCUT2D eigenvalue weighted by atomic mass is 10.1. The SMILES string of the molecule is CCC/C=C(/Cl)C(CCl)N1C(O)C(Cl)C(N2CCN(C)CC2)C1O. The first-order chi connectivity index (χ1) is 11.4. The topological polar surface area (TPSA) is 50.2 Å². The van der Waals surface area contributed by atoms with E-state index in [1.54, 1.807) is 4.90 Å². The van der Waals surface area contributed by atoms with Crippen LogP contribution in [0.2, 0.25) is 0 Å². The zero-order valence-corrected chi connectivity index (χ0v) is 16.6. The first kappa shape index (κ1) is 20.7. The van der Waals surface area contributed by atoms with Crippen molar-refractivity contribution in [1.82, 2.24) is 14.7 Å². The molecular weight excluding hydrogens is 373 g/mol. The van der Waals surface area contributed by atoms with Crippen LogP contribution in [0.25, 0.3) is 0 Å². The Morgan fingerprint density at radius 2 is 1.83 bits per heavy atom. The van der Waals surface area contributed by atoms with Crippen molar-refractivity contribution in [2.75, 3.05) is 39.1 Å². The molecule has 2 aliphatic heterocycles. The molecule has 5 nitrogen and oxygen atoms in total.